The van der Waals surface area contributed by atoms with Crippen LogP contribution in [0.1, 0.15) is 0 Å². The smallest absolute Gasteiger partial charge is 0.294 e. The van der Waals surface area contributed by atoms with Gasteiger partial charge in [-0.2, -0.15) is 9.46 Å². The van der Waals surface area contributed by atoms with Crippen molar-refractivity contribution >= 4 is 22.1 Å². The van der Waals surface area contributed by atoms with Gasteiger partial charge in [-0.3, -0.25) is 0 Å². The molecule has 3 aromatic rings. The van der Waals surface area contributed by atoms with Crippen molar-refractivity contribution in [1.82, 2.24) is 0 Å². The van der Waals surface area contributed by atoms with Gasteiger partial charge in [-0.1, -0.05) is 12.1 Å². The molecule has 0 unspecified atom stereocenters. The van der Waals surface area contributed by atoms with Gasteiger partial charge in [-0.25, -0.2) is 0 Å². The highest BCUT2D eigenvalue weighted by Gasteiger charge is 2.22. The molecule has 1 heterocycles. The predicted molar refractivity (Wildman–Crippen MR) is 62.7 cm³/mol. The van der Waals surface area contributed by atoms with Crippen LogP contribution < -0.4 is 9.46 Å². The number of benzene rings is 2. The van der Waals surface area contributed by atoms with Gasteiger partial charge in [-0.15, -0.1) is 0 Å². The Kier molecular flexibility index (Phi) is 1.94. The fourth-order valence-electron chi connectivity index (χ4n) is 1.95. The largest absolute Gasteiger partial charge is 0.617 e. The maximum Gasteiger partial charge on any atom is 0.294 e. The molecular weight excluding hydrogens is 236 g/mol. The number of fused-ring (bicyclic) bond motifs is 2. The van der Waals surface area contributed by atoms with Gasteiger partial charge in [0.1, 0.15) is 0 Å². The summed E-state index contributed by atoms with van der Waals surface area (Å²) in [5.41, 5.74) is 0.396. The molecule has 0 spiro atoms. The Bertz CT molecular complexity index is 720. The first-order valence-electron chi connectivity index (χ1n) is 5.19. The normalized spacial score (nSPS) is 11.1. The summed E-state index contributed by atoms with van der Waals surface area (Å²) in [6.45, 7) is 0. The number of para-hydroxylation sites is 2. The van der Waals surface area contributed by atoms with Crippen LogP contribution in [-0.4, -0.2) is 10.2 Å². The van der Waals surface area contributed by atoms with E-state index in [2.05, 4.69) is 0 Å². The summed E-state index contributed by atoms with van der Waals surface area (Å²) in [4.78, 5) is 0. The lowest BCUT2D eigenvalue weighted by Gasteiger charge is -2.08. The molecule has 0 saturated carbocycles. The minimum atomic E-state index is -0.442. The van der Waals surface area contributed by atoms with Crippen LogP contribution in [-0.2, 0) is 0 Å². The van der Waals surface area contributed by atoms with Gasteiger partial charge >= 0.3 is 0 Å². The van der Waals surface area contributed by atoms with Gasteiger partial charge in [-0.05, 0) is 0 Å². The van der Waals surface area contributed by atoms with Crippen LogP contribution in [0, 0.1) is 10.4 Å². The lowest BCUT2D eigenvalue weighted by atomic mass is 10.2. The van der Waals surface area contributed by atoms with Crippen molar-refractivity contribution in [3.63, 3.8) is 0 Å². The lowest BCUT2D eigenvalue weighted by Crippen LogP contribution is -2.39. The van der Waals surface area contributed by atoms with Gasteiger partial charge < -0.3 is 20.6 Å². The fourth-order valence-corrected chi connectivity index (χ4v) is 1.95. The molecular formula is C12H8N2O4. The van der Waals surface area contributed by atoms with E-state index in [1.807, 2.05) is 0 Å². The maximum absolute atomic E-state index is 12.1. The van der Waals surface area contributed by atoms with Crippen LogP contribution in [0.4, 0.5) is 0 Å². The average Bonchev–Trinajstić information content (AvgIpc) is 2.38. The van der Waals surface area contributed by atoms with Gasteiger partial charge in [0, 0.05) is 12.1 Å². The molecule has 18 heavy (non-hydrogen) atoms. The molecule has 0 radical (unpaired) electrons. The molecule has 0 saturated heterocycles. The lowest BCUT2D eigenvalue weighted by molar-refractivity contribution is -0.591. The van der Waals surface area contributed by atoms with E-state index in [0.29, 0.717) is 9.46 Å². The van der Waals surface area contributed by atoms with E-state index >= 15 is 0 Å². The minimum Gasteiger partial charge on any atom is -0.617 e. The second kappa shape index (κ2) is 3.36. The van der Waals surface area contributed by atoms with E-state index in [-0.39, 0.29) is 22.1 Å². The number of aromatic hydroxyl groups is 2. The Morgan fingerprint density at radius 3 is 1.50 bits per heavy atom. The summed E-state index contributed by atoms with van der Waals surface area (Å²) in [6, 6.07) is 8.45. The third kappa shape index (κ3) is 1.22. The number of phenolic OH excluding ortho intramolecular Hbond substituents is 2. The highest BCUT2D eigenvalue weighted by Crippen LogP contribution is 2.27. The van der Waals surface area contributed by atoms with E-state index < -0.39 is 11.5 Å². The number of aromatic nitrogens is 2. The second-order valence-electron chi connectivity index (χ2n) is 3.91. The van der Waals surface area contributed by atoms with Gasteiger partial charge in [0.05, 0.1) is 12.1 Å². The summed E-state index contributed by atoms with van der Waals surface area (Å²) in [6.07, 6.45) is 0. The Balaban J connectivity index is 2.62. The quantitative estimate of drug-likeness (QED) is 0.263. The number of rotatable bonds is 0. The molecule has 1 aromatic heterocycles. The van der Waals surface area contributed by atoms with Gasteiger partial charge in [0.2, 0.25) is 0 Å². The van der Waals surface area contributed by atoms with Crippen molar-refractivity contribution in [3.8, 4) is 11.5 Å². The third-order valence-electron chi connectivity index (χ3n) is 2.83. The molecule has 6 nitrogen and oxygen atoms in total. The van der Waals surface area contributed by atoms with Crippen LogP contribution in [0.5, 0.6) is 11.5 Å². The summed E-state index contributed by atoms with van der Waals surface area (Å²) >= 11 is 0. The van der Waals surface area contributed by atoms with E-state index in [9.17, 15) is 20.6 Å². The third-order valence-corrected chi connectivity index (χ3v) is 2.83. The molecule has 0 aliphatic heterocycles. The molecule has 0 amide bonds. The van der Waals surface area contributed by atoms with Crippen LogP contribution in [0.3, 0.4) is 0 Å². The monoisotopic (exact) mass is 244 g/mol. The first-order valence-corrected chi connectivity index (χ1v) is 5.19. The standard InChI is InChI=1S/C12H8N2O4/c15-11-5-9-10(6-12(11)16)14(18)8-4-2-1-3-7(8)13(9)17/h1-6,15-16H. The number of phenols is 2. The number of nitrogens with zero attached hydrogens (tertiary/aromatic N) is 2. The van der Waals surface area contributed by atoms with Crippen LogP contribution in [0.25, 0.3) is 22.1 Å². The average molecular weight is 244 g/mol. The second-order valence-corrected chi connectivity index (χ2v) is 3.91. The number of hydrogen-bond acceptors (Lipinski definition) is 4. The Labute approximate surface area is 101 Å². The SMILES string of the molecule is [O-][n+]1c2ccccc2[n+]([O-])c2cc(O)c(O)cc21. The first-order chi connectivity index (χ1) is 8.59. The summed E-state index contributed by atoms with van der Waals surface area (Å²) < 4.78 is 1.11. The zero-order valence-corrected chi connectivity index (χ0v) is 9.07. The maximum atomic E-state index is 12.1. The molecule has 3 rings (SSSR count). The molecule has 2 N–H and O–H groups in total. The highest BCUT2D eigenvalue weighted by molar-refractivity contribution is 5.79. The van der Waals surface area contributed by atoms with E-state index in [1.54, 1.807) is 12.1 Å². The first kappa shape index (κ1) is 10.4. The van der Waals surface area contributed by atoms with Crippen molar-refractivity contribution < 1.29 is 19.7 Å². The van der Waals surface area contributed by atoms with Crippen LogP contribution in [0.2, 0.25) is 0 Å². The van der Waals surface area contributed by atoms with E-state index in [4.69, 9.17) is 0 Å². The molecule has 0 bridgehead atoms. The molecule has 0 atom stereocenters. The molecule has 6 heteroatoms. The van der Waals surface area contributed by atoms with Gasteiger partial charge in [0.25, 0.3) is 22.1 Å². The Morgan fingerprint density at radius 2 is 1.11 bits per heavy atom. The van der Waals surface area contributed by atoms with Crippen molar-refractivity contribution in [1.29, 1.82) is 0 Å². The summed E-state index contributed by atoms with van der Waals surface area (Å²) in [7, 11) is 0. The van der Waals surface area contributed by atoms with Crippen molar-refractivity contribution in [2.45, 2.75) is 0 Å². The van der Waals surface area contributed by atoms with Gasteiger partial charge in [0.15, 0.2) is 11.5 Å². The highest BCUT2D eigenvalue weighted by atomic mass is 16.5. The van der Waals surface area contributed by atoms with E-state index in [0.717, 1.165) is 12.1 Å². The van der Waals surface area contributed by atoms with Crippen molar-refractivity contribution in [3.05, 3.63) is 46.8 Å². The molecule has 90 valence electrons. The summed E-state index contributed by atoms with van der Waals surface area (Å²) in [5.74, 6) is -0.884. The molecule has 0 aliphatic carbocycles. The summed E-state index contributed by atoms with van der Waals surface area (Å²) in [5, 5.41) is 42.9. The zero-order valence-electron chi connectivity index (χ0n) is 9.07. The van der Waals surface area contributed by atoms with Crippen molar-refractivity contribution in [2.24, 2.45) is 0 Å². The van der Waals surface area contributed by atoms with Crippen LogP contribution >= 0.6 is 0 Å². The van der Waals surface area contributed by atoms with Crippen molar-refractivity contribution in [2.75, 3.05) is 0 Å². The van der Waals surface area contributed by atoms with E-state index in [1.165, 1.54) is 12.1 Å². The molecule has 0 fully saturated rings. The fraction of sp³-hybridized carbons (Fsp3) is 0. The van der Waals surface area contributed by atoms with Crippen LogP contribution in [0.15, 0.2) is 36.4 Å². The Hall–Kier alpha value is -2.76. The zero-order chi connectivity index (χ0) is 12.9. The molecule has 0 aliphatic rings. The topological polar surface area (TPSA) is 94.3 Å². The Morgan fingerprint density at radius 1 is 0.722 bits per heavy atom. The predicted octanol–water partition coefficient (Wildman–Crippen LogP) is 0.671. The number of hydrogen-bond donors (Lipinski definition) is 2. The minimum absolute atomic E-state index is 0.000926. The molecule has 2 aromatic carbocycles.